The van der Waals surface area contributed by atoms with Gasteiger partial charge in [0.2, 0.25) is 0 Å². The SMILES string of the molecule is C=CN=C(C=C)C(c1ccc(Cl)cc1CC)N1CCNCC1. The van der Waals surface area contributed by atoms with E-state index in [0.29, 0.717) is 0 Å². The zero-order valence-corrected chi connectivity index (χ0v) is 13.9. The molecule has 4 heteroatoms. The Bertz CT molecular complexity index is 559. The molecule has 1 saturated heterocycles. The molecule has 0 aliphatic carbocycles. The van der Waals surface area contributed by atoms with Gasteiger partial charge < -0.3 is 5.32 Å². The summed E-state index contributed by atoms with van der Waals surface area (Å²) in [5.74, 6) is 0. The van der Waals surface area contributed by atoms with E-state index in [4.69, 9.17) is 11.6 Å². The van der Waals surface area contributed by atoms with E-state index >= 15 is 0 Å². The first-order valence-corrected chi connectivity index (χ1v) is 8.13. The first-order chi connectivity index (χ1) is 10.7. The summed E-state index contributed by atoms with van der Waals surface area (Å²) in [5, 5.41) is 4.18. The van der Waals surface area contributed by atoms with E-state index in [1.54, 1.807) is 6.20 Å². The molecule has 0 amide bonds. The summed E-state index contributed by atoms with van der Waals surface area (Å²) in [6, 6.07) is 6.24. The molecule has 0 saturated carbocycles. The van der Waals surface area contributed by atoms with E-state index in [1.807, 2.05) is 12.1 Å². The summed E-state index contributed by atoms with van der Waals surface area (Å²) in [6.45, 7) is 13.8. The largest absolute Gasteiger partial charge is 0.314 e. The third kappa shape index (κ3) is 3.86. The fourth-order valence-electron chi connectivity index (χ4n) is 2.97. The van der Waals surface area contributed by atoms with Crippen molar-refractivity contribution in [3.8, 4) is 0 Å². The Labute approximate surface area is 138 Å². The highest BCUT2D eigenvalue weighted by Crippen LogP contribution is 2.29. The van der Waals surface area contributed by atoms with Gasteiger partial charge >= 0.3 is 0 Å². The lowest BCUT2D eigenvalue weighted by Gasteiger charge is -2.36. The van der Waals surface area contributed by atoms with Crippen molar-refractivity contribution in [3.63, 3.8) is 0 Å². The number of aliphatic imine (C=N–C) groups is 1. The second-order valence-electron chi connectivity index (χ2n) is 5.33. The Balaban J connectivity index is 2.49. The minimum atomic E-state index is 0.102. The number of nitrogens with one attached hydrogen (secondary N) is 1. The van der Waals surface area contributed by atoms with E-state index in [2.05, 4.69) is 47.4 Å². The van der Waals surface area contributed by atoms with Crippen LogP contribution in [0.1, 0.15) is 24.1 Å². The summed E-state index contributed by atoms with van der Waals surface area (Å²) >= 11 is 6.17. The Morgan fingerprint density at radius 2 is 2.14 bits per heavy atom. The standard InChI is InChI=1S/C18H24ClN3/c1-4-14-13-15(19)7-8-16(14)18(17(5-2)21-6-3)22-11-9-20-10-12-22/h5-8,13,18,20H,2-4,9-12H2,1H3. The summed E-state index contributed by atoms with van der Waals surface area (Å²) in [4.78, 5) is 6.91. The van der Waals surface area contributed by atoms with Crippen LogP contribution in [0.2, 0.25) is 5.02 Å². The Morgan fingerprint density at radius 3 is 2.73 bits per heavy atom. The number of halogens is 1. The van der Waals surface area contributed by atoms with Gasteiger partial charge in [-0.1, -0.05) is 37.7 Å². The molecule has 1 aromatic rings. The van der Waals surface area contributed by atoms with Crippen molar-refractivity contribution in [1.29, 1.82) is 0 Å². The monoisotopic (exact) mass is 317 g/mol. The molecule has 1 fully saturated rings. The molecule has 118 valence electrons. The minimum Gasteiger partial charge on any atom is -0.314 e. The molecule has 1 aromatic carbocycles. The quantitative estimate of drug-likeness (QED) is 0.812. The number of aryl methyl sites for hydroxylation is 1. The molecule has 1 N–H and O–H groups in total. The molecule has 1 atom stereocenters. The molecule has 0 aromatic heterocycles. The second kappa shape index (κ2) is 8.28. The fraction of sp³-hybridized carbons (Fsp3) is 0.389. The first kappa shape index (κ1) is 16.9. The number of hydrogen-bond acceptors (Lipinski definition) is 3. The third-order valence-corrected chi connectivity index (χ3v) is 4.26. The van der Waals surface area contributed by atoms with Crippen molar-refractivity contribution in [2.75, 3.05) is 26.2 Å². The Morgan fingerprint density at radius 1 is 1.41 bits per heavy atom. The highest BCUT2D eigenvalue weighted by molar-refractivity contribution is 6.30. The van der Waals surface area contributed by atoms with Crippen LogP contribution in [-0.4, -0.2) is 36.8 Å². The molecule has 3 nitrogen and oxygen atoms in total. The van der Waals surface area contributed by atoms with Crippen molar-refractivity contribution in [3.05, 3.63) is 59.8 Å². The zero-order chi connectivity index (χ0) is 15.9. The number of hydrogen-bond donors (Lipinski definition) is 1. The summed E-state index contributed by atoms with van der Waals surface area (Å²) in [7, 11) is 0. The van der Waals surface area contributed by atoms with Crippen LogP contribution in [-0.2, 0) is 6.42 Å². The molecule has 0 spiro atoms. The maximum absolute atomic E-state index is 6.17. The Hall–Kier alpha value is -1.42. The third-order valence-electron chi connectivity index (χ3n) is 4.03. The van der Waals surface area contributed by atoms with Gasteiger partial charge in [0.25, 0.3) is 0 Å². The molecule has 0 radical (unpaired) electrons. The lowest BCUT2D eigenvalue weighted by molar-refractivity contribution is 0.214. The van der Waals surface area contributed by atoms with Gasteiger partial charge in [0, 0.05) is 37.4 Å². The van der Waals surface area contributed by atoms with Crippen LogP contribution in [0.3, 0.4) is 0 Å². The van der Waals surface area contributed by atoms with Crippen molar-refractivity contribution in [2.45, 2.75) is 19.4 Å². The topological polar surface area (TPSA) is 27.6 Å². The predicted molar refractivity (Wildman–Crippen MR) is 95.8 cm³/mol. The number of rotatable bonds is 6. The lowest BCUT2D eigenvalue weighted by atomic mass is 9.93. The molecule has 1 aliphatic rings. The summed E-state index contributed by atoms with van der Waals surface area (Å²) in [6.07, 6.45) is 4.37. The smallest absolute Gasteiger partial charge is 0.0779 e. The normalized spacial score (nSPS) is 18.0. The molecular weight excluding hydrogens is 294 g/mol. The van der Waals surface area contributed by atoms with Gasteiger partial charge in [-0.2, -0.15) is 0 Å². The van der Waals surface area contributed by atoms with Gasteiger partial charge in [0.1, 0.15) is 0 Å². The van der Waals surface area contributed by atoms with Gasteiger partial charge in [-0.05, 0) is 35.8 Å². The average molecular weight is 318 g/mol. The van der Waals surface area contributed by atoms with Crippen LogP contribution in [0.15, 0.2) is 48.6 Å². The van der Waals surface area contributed by atoms with Gasteiger partial charge in [-0.25, -0.2) is 0 Å². The first-order valence-electron chi connectivity index (χ1n) is 7.75. The molecule has 1 heterocycles. The highest BCUT2D eigenvalue weighted by Gasteiger charge is 2.27. The summed E-state index contributed by atoms with van der Waals surface area (Å²) in [5.41, 5.74) is 3.46. The van der Waals surface area contributed by atoms with Gasteiger partial charge in [-0.15, -0.1) is 0 Å². The van der Waals surface area contributed by atoms with Crippen LogP contribution >= 0.6 is 11.6 Å². The van der Waals surface area contributed by atoms with E-state index < -0.39 is 0 Å². The van der Waals surface area contributed by atoms with Crippen LogP contribution in [0.5, 0.6) is 0 Å². The van der Waals surface area contributed by atoms with Crippen molar-refractivity contribution < 1.29 is 0 Å². The van der Waals surface area contributed by atoms with Crippen molar-refractivity contribution >= 4 is 17.3 Å². The predicted octanol–water partition coefficient (Wildman–Crippen LogP) is 3.62. The molecule has 2 rings (SSSR count). The number of benzene rings is 1. The van der Waals surface area contributed by atoms with Crippen molar-refractivity contribution in [2.24, 2.45) is 4.99 Å². The minimum absolute atomic E-state index is 0.102. The van der Waals surface area contributed by atoms with Crippen LogP contribution < -0.4 is 5.32 Å². The maximum atomic E-state index is 6.17. The van der Waals surface area contributed by atoms with E-state index in [0.717, 1.165) is 43.3 Å². The van der Waals surface area contributed by atoms with Crippen molar-refractivity contribution in [1.82, 2.24) is 10.2 Å². The van der Waals surface area contributed by atoms with Gasteiger partial charge in [0.05, 0.1) is 11.8 Å². The van der Waals surface area contributed by atoms with Crippen LogP contribution in [0.4, 0.5) is 0 Å². The molecule has 1 unspecified atom stereocenters. The Kier molecular flexibility index (Phi) is 6.37. The number of nitrogens with zero attached hydrogens (tertiary/aromatic N) is 2. The number of piperazine rings is 1. The summed E-state index contributed by atoms with van der Waals surface area (Å²) < 4.78 is 0. The zero-order valence-electron chi connectivity index (χ0n) is 13.2. The van der Waals surface area contributed by atoms with Gasteiger partial charge in [-0.3, -0.25) is 9.89 Å². The van der Waals surface area contributed by atoms with E-state index in [-0.39, 0.29) is 6.04 Å². The highest BCUT2D eigenvalue weighted by atomic mass is 35.5. The van der Waals surface area contributed by atoms with E-state index in [9.17, 15) is 0 Å². The molecule has 22 heavy (non-hydrogen) atoms. The van der Waals surface area contributed by atoms with E-state index in [1.165, 1.54) is 11.1 Å². The molecular formula is C18H24ClN3. The fourth-order valence-corrected chi connectivity index (χ4v) is 3.17. The van der Waals surface area contributed by atoms with Crippen LogP contribution in [0, 0.1) is 0 Å². The van der Waals surface area contributed by atoms with Gasteiger partial charge in [0.15, 0.2) is 0 Å². The average Bonchev–Trinajstić information content (AvgIpc) is 2.56. The molecule has 0 bridgehead atoms. The molecule has 1 aliphatic heterocycles. The maximum Gasteiger partial charge on any atom is 0.0779 e. The second-order valence-corrected chi connectivity index (χ2v) is 5.76. The van der Waals surface area contributed by atoms with Crippen LogP contribution in [0.25, 0.3) is 0 Å². The lowest BCUT2D eigenvalue weighted by Crippen LogP contribution is -2.47.